The van der Waals surface area contributed by atoms with Crippen LogP contribution in [0.15, 0.2) is 23.1 Å². The molecule has 0 heterocycles. The number of benzene rings is 1. The van der Waals surface area contributed by atoms with Crippen LogP contribution in [0, 0.1) is 0 Å². The fourth-order valence-electron chi connectivity index (χ4n) is 1.76. The third-order valence-corrected chi connectivity index (χ3v) is 4.25. The number of hydrogen-bond acceptors (Lipinski definition) is 3. The Labute approximate surface area is 116 Å². The molecule has 0 bridgehead atoms. The van der Waals surface area contributed by atoms with E-state index < -0.39 is 10.0 Å². The number of ether oxygens (including phenoxy) is 1. The molecule has 0 aliphatic heterocycles. The van der Waals surface area contributed by atoms with Crippen LogP contribution in [0.1, 0.15) is 45.6 Å². The van der Waals surface area contributed by atoms with Crippen molar-refractivity contribution in [3.8, 4) is 5.75 Å². The molecule has 0 amide bonds. The van der Waals surface area contributed by atoms with Gasteiger partial charge < -0.3 is 4.74 Å². The third-order valence-electron chi connectivity index (χ3n) is 2.71. The second-order valence-electron chi connectivity index (χ2n) is 4.70. The van der Waals surface area contributed by atoms with Crippen molar-refractivity contribution in [1.82, 2.24) is 4.72 Å². The number of hydrogen-bond donors (Lipinski definition) is 1. The molecular weight excluding hydrogens is 262 g/mol. The minimum atomic E-state index is -3.41. The SMILES string of the molecule is CCCOc1ccc(S(=O)(=O)NCC)cc1C(C)C. The van der Waals surface area contributed by atoms with Gasteiger partial charge in [0.25, 0.3) is 0 Å². The second-order valence-corrected chi connectivity index (χ2v) is 6.47. The summed E-state index contributed by atoms with van der Waals surface area (Å²) in [4.78, 5) is 0.293. The number of rotatable bonds is 7. The maximum atomic E-state index is 12.0. The first kappa shape index (κ1) is 16.0. The summed E-state index contributed by atoms with van der Waals surface area (Å²) >= 11 is 0. The van der Waals surface area contributed by atoms with E-state index in [0.29, 0.717) is 18.0 Å². The van der Waals surface area contributed by atoms with E-state index >= 15 is 0 Å². The molecule has 0 aliphatic carbocycles. The zero-order valence-electron chi connectivity index (χ0n) is 12.1. The quantitative estimate of drug-likeness (QED) is 0.838. The van der Waals surface area contributed by atoms with Gasteiger partial charge in [0.15, 0.2) is 0 Å². The average molecular weight is 285 g/mol. The van der Waals surface area contributed by atoms with E-state index in [0.717, 1.165) is 17.7 Å². The van der Waals surface area contributed by atoms with Gasteiger partial charge in [-0.05, 0) is 36.1 Å². The van der Waals surface area contributed by atoms with E-state index in [2.05, 4.69) is 4.72 Å². The molecule has 0 aliphatic rings. The van der Waals surface area contributed by atoms with Gasteiger partial charge in [0.2, 0.25) is 10.0 Å². The molecule has 0 spiro atoms. The fourth-order valence-corrected chi connectivity index (χ4v) is 2.84. The van der Waals surface area contributed by atoms with Gasteiger partial charge in [0.05, 0.1) is 11.5 Å². The highest BCUT2D eigenvalue weighted by Gasteiger charge is 2.17. The van der Waals surface area contributed by atoms with Crippen molar-refractivity contribution >= 4 is 10.0 Å². The van der Waals surface area contributed by atoms with Crippen LogP contribution in [-0.4, -0.2) is 21.6 Å². The Morgan fingerprint density at radius 1 is 1.26 bits per heavy atom. The molecule has 0 saturated carbocycles. The minimum absolute atomic E-state index is 0.212. The summed E-state index contributed by atoms with van der Waals surface area (Å²) < 4.78 is 32.1. The standard InChI is InChI=1S/C14H23NO3S/c1-5-9-18-14-8-7-12(10-13(14)11(3)4)19(16,17)15-6-2/h7-8,10-11,15H,5-6,9H2,1-4H3. The molecule has 1 aromatic rings. The van der Waals surface area contributed by atoms with Gasteiger partial charge >= 0.3 is 0 Å². The van der Waals surface area contributed by atoms with Crippen LogP contribution in [0.4, 0.5) is 0 Å². The van der Waals surface area contributed by atoms with Crippen molar-refractivity contribution in [3.63, 3.8) is 0 Å². The fraction of sp³-hybridized carbons (Fsp3) is 0.571. The lowest BCUT2D eigenvalue weighted by atomic mass is 10.0. The minimum Gasteiger partial charge on any atom is -0.493 e. The summed E-state index contributed by atoms with van der Waals surface area (Å²) in [7, 11) is -3.41. The third kappa shape index (κ3) is 4.21. The van der Waals surface area contributed by atoms with Gasteiger partial charge in [-0.25, -0.2) is 13.1 Å². The molecule has 1 aromatic carbocycles. The molecule has 0 aromatic heterocycles. The first-order valence-corrected chi connectivity index (χ1v) is 8.17. The maximum absolute atomic E-state index is 12.0. The lowest BCUT2D eigenvalue weighted by Crippen LogP contribution is -2.23. The normalized spacial score (nSPS) is 11.8. The lowest BCUT2D eigenvalue weighted by molar-refractivity contribution is 0.312. The molecule has 0 radical (unpaired) electrons. The van der Waals surface area contributed by atoms with E-state index in [9.17, 15) is 8.42 Å². The largest absolute Gasteiger partial charge is 0.493 e. The molecule has 19 heavy (non-hydrogen) atoms. The van der Waals surface area contributed by atoms with Crippen LogP contribution >= 0.6 is 0 Å². The van der Waals surface area contributed by atoms with Crippen molar-refractivity contribution < 1.29 is 13.2 Å². The van der Waals surface area contributed by atoms with E-state index in [1.807, 2.05) is 20.8 Å². The molecule has 0 atom stereocenters. The van der Waals surface area contributed by atoms with Gasteiger partial charge in [0, 0.05) is 6.54 Å². The monoisotopic (exact) mass is 285 g/mol. The molecular formula is C14H23NO3S. The van der Waals surface area contributed by atoms with Crippen molar-refractivity contribution in [2.24, 2.45) is 0 Å². The summed E-state index contributed by atoms with van der Waals surface area (Å²) in [5.74, 6) is 0.982. The highest BCUT2D eigenvalue weighted by atomic mass is 32.2. The Morgan fingerprint density at radius 2 is 1.95 bits per heavy atom. The molecule has 108 valence electrons. The van der Waals surface area contributed by atoms with Crippen LogP contribution in [0.2, 0.25) is 0 Å². The molecule has 0 fully saturated rings. The van der Waals surface area contributed by atoms with Gasteiger partial charge in [-0.3, -0.25) is 0 Å². The van der Waals surface area contributed by atoms with E-state index in [4.69, 9.17) is 4.74 Å². The number of sulfonamides is 1. The predicted octanol–water partition coefficient (Wildman–Crippen LogP) is 2.90. The van der Waals surface area contributed by atoms with Crippen LogP contribution in [0.3, 0.4) is 0 Å². The Hall–Kier alpha value is -1.07. The summed E-state index contributed by atoms with van der Waals surface area (Å²) in [6.45, 7) is 8.88. The topological polar surface area (TPSA) is 55.4 Å². The summed E-state index contributed by atoms with van der Waals surface area (Å²) in [5.41, 5.74) is 0.924. The Morgan fingerprint density at radius 3 is 2.47 bits per heavy atom. The lowest BCUT2D eigenvalue weighted by Gasteiger charge is -2.15. The number of nitrogens with one attached hydrogen (secondary N) is 1. The van der Waals surface area contributed by atoms with Gasteiger partial charge in [-0.2, -0.15) is 0 Å². The molecule has 5 heteroatoms. The van der Waals surface area contributed by atoms with E-state index in [1.165, 1.54) is 0 Å². The van der Waals surface area contributed by atoms with Crippen molar-refractivity contribution in [3.05, 3.63) is 23.8 Å². The molecule has 0 saturated heterocycles. The Balaban J connectivity index is 3.16. The molecule has 1 N–H and O–H groups in total. The van der Waals surface area contributed by atoms with Crippen molar-refractivity contribution in [2.75, 3.05) is 13.2 Å². The summed E-state index contributed by atoms with van der Waals surface area (Å²) in [5, 5.41) is 0. The molecule has 4 nitrogen and oxygen atoms in total. The zero-order chi connectivity index (χ0) is 14.5. The van der Waals surface area contributed by atoms with Gasteiger partial charge in [0.1, 0.15) is 5.75 Å². The van der Waals surface area contributed by atoms with Crippen LogP contribution in [0.25, 0.3) is 0 Å². The summed E-state index contributed by atoms with van der Waals surface area (Å²) in [6, 6.07) is 5.04. The maximum Gasteiger partial charge on any atom is 0.240 e. The van der Waals surface area contributed by atoms with Crippen molar-refractivity contribution in [1.29, 1.82) is 0 Å². The zero-order valence-corrected chi connectivity index (χ0v) is 12.9. The molecule has 1 rings (SSSR count). The Bertz CT molecular complexity index is 509. The highest BCUT2D eigenvalue weighted by Crippen LogP contribution is 2.29. The second kappa shape index (κ2) is 6.91. The van der Waals surface area contributed by atoms with Crippen LogP contribution < -0.4 is 9.46 Å². The van der Waals surface area contributed by atoms with Crippen LogP contribution in [0.5, 0.6) is 5.75 Å². The van der Waals surface area contributed by atoms with Crippen LogP contribution in [-0.2, 0) is 10.0 Å². The first-order valence-electron chi connectivity index (χ1n) is 6.68. The summed E-state index contributed by atoms with van der Waals surface area (Å²) in [6.07, 6.45) is 0.926. The molecule has 0 unspecified atom stereocenters. The first-order chi connectivity index (χ1) is 8.92. The average Bonchev–Trinajstić information content (AvgIpc) is 2.35. The predicted molar refractivity (Wildman–Crippen MR) is 77.2 cm³/mol. The van der Waals surface area contributed by atoms with E-state index in [-0.39, 0.29) is 5.92 Å². The smallest absolute Gasteiger partial charge is 0.240 e. The highest BCUT2D eigenvalue weighted by molar-refractivity contribution is 7.89. The van der Waals surface area contributed by atoms with Gasteiger partial charge in [-0.1, -0.05) is 27.7 Å². The Kier molecular flexibility index (Phi) is 5.82. The van der Waals surface area contributed by atoms with E-state index in [1.54, 1.807) is 25.1 Å². The van der Waals surface area contributed by atoms with Crippen molar-refractivity contribution in [2.45, 2.75) is 44.9 Å². The van der Waals surface area contributed by atoms with Gasteiger partial charge in [-0.15, -0.1) is 0 Å².